The number of fused-ring (bicyclic) bond motifs is 2. The molecule has 37 heavy (non-hydrogen) atoms. The Kier molecular flexibility index (Phi) is 5.67. The zero-order valence-corrected chi connectivity index (χ0v) is 20.8. The quantitative estimate of drug-likeness (QED) is 0.515. The summed E-state index contributed by atoms with van der Waals surface area (Å²) >= 11 is 0. The van der Waals surface area contributed by atoms with Crippen molar-refractivity contribution in [1.29, 1.82) is 0 Å². The van der Waals surface area contributed by atoms with Crippen LogP contribution in [0.4, 0.5) is 11.4 Å². The van der Waals surface area contributed by atoms with Crippen LogP contribution >= 0.6 is 0 Å². The summed E-state index contributed by atoms with van der Waals surface area (Å²) in [4.78, 5) is 28.8. The van der Waals surface area contributed by atoms with Gasteiger partial charge in [0.25, 0.3) is 5.91 Å². The number of hydrogen-bond acceptors (Lipinski definition) is 6. The summed E-state index contributed by atoms with van der Waals surface area (Å²) in [7, 11) is 0. The standard InChI is InChI=1S/C29H28N2O6/c1-18(2)19-3-5-20(6-4-19)29(28(33)30-21-7-9-23-25(15-21)36-13-11-34-23)17-27(32)31(29)22-8-10-24-26(16-22)37-14-12-35-24/h3-10,15-16,18H,11-14,17H2,1-2H3,(H,30,33). The minimum Gasteiger partial charge on any atom is -0.486 e. The molecule has 3 aromatic rings. The predicted molar refractivity (Wildman–Crippen MR) is 138 cm³/mol. The van der Waals surface area contributed by atoms with Crippen LogP contribution in [0.2, 0.25) is 0 Å². The Bertz CT molecular complexity index is 1370. The summed E-state index contributed by atoms with van der Waals surface area (Å²) in [6, 6.07) is 18.5. The molecule has 0 aromatic heterocycles. The monoisotopic (exact) mass is 500 g/mol. The van der Waals surface area contributed by atoms with Gasteiger partial charge in [0.2, 0.25) is 5.91 Å². The van der Waals surface area contributed by atoms with Crippen LogP contribution in [0.25, 0.3) is 0 Å². The fourth-order valence-electron chi connectivity index (χ4n) is 5.08. The summed E-state index contributed by atoms with van der Waals surface area (Å²) in [6.07, 6.45) is 0.0405. The summed E-state index contributed by atoms with van der Waals surface area (Å²) in [5.74, 6) is 2.27. The number of nitrogens with one attached hydrogen (secondary N) is 1. The van der Waals surface area contributed by atoms with E-state index >= 15 is 0 Å². The Hall–Kier alpha value is -4.20. The van der Waals surface area contributed by atoms with Gasteiger partial charge in [0.1, 0.15) is 26.4 Å². The summed E-state index contributed by atoms with van der Waals surface area (Å²) in [5.41, 5.74) is 1.80. The lowest BCUT2D eigenvalue weighted by Gasteiger charge is -2.50. The van der Waals surface area contributed by atoms with E-state index in [0.29, 0.717) is 66.7 Å². The second kappa shape index (κ2) is 9.03. The van der Waals surface area contributed by atoms with Crippen LogP contribution in [-0.4, -0.2) is 38.2 Å². The molecule has 190 valence electrons. The van der Waals surface area contributed by atoms with Crippen LogP contribution in [0.1, 0.15) is 37.3 Å². The van der Waals surface area contributed by atoms with Crippen molar-refractivity contribution in [2.45, 2.75) is 31.7 Å². The van der Waals surface area contributed by atoms with E-state index in [0.717, 1.165) is 11.1 Å². The van der Waals surface area contributed by atoms with Gasteiger partial charge in [-0.25, -0.2) is 0 Å². The van der Waals surface area contributed by atoms with Gasteiger partial charge in [0.05, 0.1) is 6.42 Å². The van der Waals surface area contributed by atoms with E-state index in [1.165, 1.54) is 0 Å². The first-order valence-electron chi connectivity index (χ1n) is 12.5. The molecule has 0 spiro atoms. The van der Waals surface area contributed by atoms with E-state index in [1.54, 1.807) is 41.3 Å². The van der Waals surface area contributed by atoms with Crippen molar-refractivity contribution >= 4 is 23.2 Å². The molecule has 8 nitrogen and oxygen atoms in total. The van der Waals surface area contributed by atoms with Crippen molar-refractivity contribution in [3.8, 4) is 23.0 Å². The SMILES string of the molecule is CC(C)c1ccc(C2(C(=O)Nc3ccc4c(c3)OCCO4)CC(=O)N2c2ccc3c(c2)OCCO3)cc1. The Morgan fingerprint density at radius 3 is 2.03 bits per heavy atom. The van der Waals surface area contributed by atoms with Crippen molar-refractivity contribution < 1.29 is 28.5 Å². The first kappa shape index (κ1) is 23.2. The van der Waals surface area contributed by atoms with Crippen LogP contribution in [-0.2, 0) is 15.1 Å². The lowest BCUT2D eigenvalue weighted by Crippen LogP contribution is -2.67. The number of amides is 2. The highest BCUT2D eigenvalue weighted by atomic mass is 16.6. The van der Waals surface area contributed by atoms with Crippen molar-refractivity contribution in [2.75, 3.05) is 36.6 Å². The van der Waals surface area contributed by atoms with Crippen LogP contribution in [0.15, 0.2) is 60.7 Å². The fraction of sp³-hybridized carbons (Fsp3) is 0.310. The van der Waals surface area contributed by atoms with Crippen molar-refractivity contribution in [2.24, 2.45) is 0 Å². The van der Waals surface area contributed by atoms with Crippen molar-refractivity contribution in [3.05, 3.63) is 71.8 Å². The third kappa shape index (κ3) is 3.93. The zero-order valence-electron chi connectivity index (χ0n) is 20.8. The van der Waals surface area contributed by atoms with Gasteiger partial charge in [-0.05, 0) is 41.3 Å². The van der Waals surface area contributed by atoms with E-state index in [-0.39, 0.29) is 18.2 Å². The number of anilines is 2. The average Bonchev–Trinajstić information content (AvgIpc) is 2.91. The maximum atomic E-state index is 14.1. The normalized spacial score (nSPS) is 19.9. The molecule has 1 atom stereocenters. The van der Waals surface area contributed by atoms with Gasteiger partial charge >= 0.3 is 0 Å². The number of rotatable bonds is 5. The van der Waals surface area contributed by atoms with Gasteiger partial charge in [-0.1, -0.05) is 38.1 Å². The second-order valence-electron chi connectivity index (χ2n) is 9.68. The van der Waals surface area contributed by atoms with E-state index in [1.807, 2.05) is 24.3 Å². The van der Waals surface area contributed by atoms with Crippen LogP contribution in [0.3, 0.4) is 0 Å². The lowest BCUT2D eigenvalue weighted by molar-refractivity contribution is -0.137. The second-order valence-corrected chi connectivity index (χ2v) is 9.68. The average molecular weight is 501 g/mol. The first-order chi connectivity index (χ1) is 18.0. The number of carbonyl (C=O) groups excluding carboxylic acids is 2. The maximum Gasteiger partial charge on any atom is 0.255 e. The minimum atomic E-state index is -1.23. The largest absolute Gasteiger partial charge is 0.486 e. The van der Waals surface area contributed by atoms with E-state index in [9.17, 15) is 9.59 Å². The minimum absolute atomic E-state index is 0.0405. The number of benzene rings is 3. The topological polar surface area (TPSA) is 86.3 Å². The molecule has 2 amide bonds. The van der Waals surface area contributed by atoms with Crippen LogP contribution in [0.5, 0.6) is 23.0 Å². The first-order valence-corrected chi connectivity index (χ1v) is 12.5. The third-order valence-corrected chi connectivity index (χ3v) is 7.05. The maximum absolute atomic E-state index is 14.1. The van der Waals surface area contributed by atoms with E-state index in [4.69, 9.17) is 18.9 Å². The van der Waals surface area contributed by atoms with Crippen molar-refractivity contribution in [3.63, 3.8) is 0 Å². The molecule has 3 aliphatic rings. The summed E-state index contributed by atoms with van der Waals surface area (Å²) < 4.78 is 22.7. The number of ether oxygens (including phenoxy) is 4. The molecule has 1 fully saturated rings. The Labute approximate surface area is 215 Å². The molecule has 0 radical (unpaired) electrons. The molecular weight excluding hydrogens is 472 g/mol. The van der Waals surface area contributed by atoms with Crippen molar-refractivity contribution in [1.82, 2.24) is 0 Å². The van der Waals surface area contributed by atoms with Gasteiger partial charge in [-0.2, -0.15) is 0 Å². The molecule has 1 unspecified atom stereocenters. The zero-order chi connectivity index (χ0) is 25.6. The third-order valence-electron chi connectivity index (χ3n) is 7.05. The number of β-lactam (4-membered cyclic amide) rings is 1. The van der Waals surface area contributed by atoms with E-state index in [2.05, 4.69) is 19.2 Å². The fourth-order valence-corrected chi connectivity index (χ4v) is 5.08. The van der Waals surface area contributed by atoms with Gasteiger partial charge in [-0.3, -0.25) is 14.5 Å². The molecule has 0 aliphatic carbocycles. The number of carbonyl (C=O) groups is 2. The smallest absolute Gasteiger partial charge is 0.255 e. The van der Waals surface area contributed by atoms with Gasteiger partial charge in [0, 0.05) is 23.5 Å². The summed E-state index contributed by atoms with van der Waals surface area (Å²) in [5, 5.41) is 3.03. The molecule has 3 aromatic carbocycles. The lowest BCUT2D eigenvalue weighted by atomic mass is 9.75. The molecule has 1 N–H and O–H groups in total. The molecular formula is C29H28N2O6. The molecule has 0 bridgehead atoms. The molecule has 0 saturated carbocycles. The number of hydrogen-bond donors (Lipinski definition) is 1. The van der Waals surface area contributed by atoms with E-state index < -0.39 is 5.54 Å². The molecule has 6 rings (SSSR count). The highest BCUT2D eigenvalue weighted by Gasteiger charge is 2.58. The molecule has 3 heterocycles. The van der Waals surface area contributed by atoms with Crippen LogP contribution < -0.4 is 29.2 Å². The molecule has 8 heteroatoms. The Morgan fingerprint density at radius 2 is 1.41 bits per heavy atom. The van der Waals surface area contributed by atoms with Gasteiger partial charge in [0.15, 0.2) is 28.5 Å². The van der Waals surface area contributed by atoms with Gasteiger partial charge in [-0.15, -0.1) is 0 Å². The van der Waals surface area contributed by atoms with Gasteiger partial charge < -0.3 is 24.3 Å². The molecule has 3 aliphatic heterocycles. The Morgan fingerprint density at radius 1 is 0.811 bits per heavy atom. The highest BCUT2D eigenvalue weighted by Crippen LogP contribution is 2.48. The number of nitrogens with zero attached hydrogens (tertiary/aromatic N) is 1. The molecule has 1 saturated heterocycles. The Balaban J connectivity index is 1.40. The van der Waals surface area contributed by atoms with Crippen LogP contribution in [0, 0.1) is 0 Å². The highest BCUT2D eigenvalue weighted by molar-refractivity contribution is 6.17. The summed E-state index contributed by atoms with van der Waals surface area (Å²) in [6.45, 7) is 6.07. The predicted octanol–water partition coefficient (Wildman–Crippen LogP) is 4.62.